The summed E-state index contributed by atoms with van der Waals surface area (Å²) < 4.78 is 0. The highest BCUT2D eigenvalue weighted by molar-refractivity contribution is 4.81. The molecule has 0 amide bonds. The van der Waals surface area contributed by atoms with E-state index in [1.54, 1.807) is 0 Å². The molecule has 0 saturated carbocycles. The van der Waals surface area contributed by atoms with Gasteiger partial charge in [0.1, 0.15) is 0 Å². The normalized spacial score (nSPS) is 12.9. The molecule has 1 atom stereocenters. The van der Waals surface area contributed by atoms with Gasteiger partial charge in [-0.1, -0.05) is 129 Å². The molecule has 0 saturated heterocycles. The third kappa shape index (κ3) is 19.9. The number of hydrogen-bond donors (Lipinski definition) is 0. The average molecular weight is 349 g/mol. The van der Waals surface area contributed by atoms with Crippen LogP contribution in [0.15, 0.2) is 12.2 Å². The van der Waals surface area contributed by atoms with Crippen LogP contribution >= 0.6 is 0 Å². The van der Waals surface area contributed by atoms with Crippen LogP contribution in [0, 0.1) is 19.8 Å². The summed E-state index contributed by atoms with van der Waals surface area (Å²) in [6.07, 6.45) is 30.7. The maximum absolute atomic E-state index is 3.91. The Morgan fingerprint density at radius 2 is 1.00 bits per heavy atom. The standard InChI is InChI=1S/C25H48/c1-4-7-9-11-13-15-17-19-21-23-25(6-3)24-22-20-18-16-14-12-10-8-5-2/h11,13,25H,1-2,4-10,12,14-24H2,3H3. The van der Waals surface area contributed by atoms with Gasteiger partial charge in [-0.3, -0.25) is 0 Å². The first kappa shape index (κ1) is 24.7. The van der Waals surface area contributed by atoms with Gasteiger partial charge < -0.3 is 0 Å². The van der Waals surface area contributed by atoms with E-state index in [1.165, 1.54) is 109 Å². The topological polar surface area (TPSA) is 0 Å². The highest BCUT2D eigenvalue weighted by Crippen LogP contribution is 2.21. The number of unbranched alkanes of at least 4 members (excludes halogenated alkanes) is 13. The SMILES string of the molecule is [CH2]CCCC=CCCCCCC(CC)CCCCCCCCCC[CH2]. The molecule has 25 heavy (non-hydrogen) atoms. The van der Waals surface area contributed by atoms with Crippen molar-refractivity contribution in [2.75, 3.05) is 0 Å². The summed E-state index contributed by atoms with van der Waals surface area (Å²) in [5, 5.41) is 0. The molecule has 0 aromatic carbocycles. The lowest BCUT2D eigenvalue weighted by Gasteiger charge is -2.14. The molecule has 0 spiro atoms. The fraction of sp³-hybridized carbons (Fsp3) is 0.840. The van der Waals surface area contributed by atoms with Crippen LogP contribution in [0.25, 0.3) is 0 Å². The van der Waals surface area contributed by atoms with Crippen molar-refractivity contribution in [1.82, 2.24) is 0 Å². The minimum atomic E-state index is 0.990. The first-order valence-electron chi connectivity index (χ1n) is 11.6. The quantitative estimate of drug-likeness (QED) is 0.152. The Balaban J connectivity index is 3.35. The molecule has 0 rings (SSSR count). The first-order valence-corrected chi connectivity index (χ1v) is 11.6. The van der Waals surface area contributed by atoms with Gasteiger partial charge in [0.2, 0.25) is 0 Å². The number of rotatable bonds is 20. The van der Waals surface area contributed by atoms with Gasteiger partial charge in [0.15, 0.2) is 0 Å². The van der Waals surface area contributed by atoms with Crippen molar-refractivity contribution < 1.29 is 0 Å². The Morgan fingerprint density at radius 3 is 1.52 bits per heavy atom. The summed E-state index contributed by atoms with van der Waals surface area (Å²) in [6.45, 7) is 10.2. The zero-order chi connectivity index (χ0) is 18.4. The molecule has 148 valence electrons. The predicted molar refractivity (Wildman–Crippen MR) is 117 cm³/mol. The summed E-state index contributed by atoms with van der Waals surface area (Å²) in [5.41, 5.74) is 0. The van der Waals surface area contributed by atoms with E-state index in [0.717, 1.165) is 18.8 Å². The van der Waals surface area contributed by atoms with Crippen LogP contribution in [0.1, 0.15) is 129 Å². The fourth-order valence-electron chi connectivity index (χ4n) is 3.59. The van der Waals surface area contributed by atoms with Gasteiger partial charge in [-0.05, 0) is 31.6 Å². The Hall–Kier alpha value is -0.260. The highest BCUT2D eigenvalue weighted by atomic mass is 14.1. The van der Waals surface area contributed by atoms with Crippen LogP contribution in [0.5, 0.6) is 0 Å². The summed E-state index contributed by atoms with van der Waals surface area (Å²) in [6, 6.07) is 0. The van der Waals surface area contributed by atoms with Gasteiger partial charge in [-0.15, -0.1) is 0 Å². The second-order valence-corrected chi connectivity index (χ2v) is 7.85. The van der Waals surface area contributed by atoms with Crippen LogP contribution in [0.3, 0.4) is 0 Å². The molecule has 0 bridgehead atoms. The fourth-order valence-corrected chi connectivity index (χ4v) is 3.59. The van der Waals surface area contributed by atoms with Crippen molar-refractivity contribution in [3.05, 3.63) is 26.0 Å². The molecule has 0 N–H and O–H groups in total. The Bertz CT molecular complexity index is 253. The van der Waals surface area contributed by atoms with Gasteiger partial charge in [-0.2, -0.15) is 0 Å². The summed E-state index contributed by atoms with van der Waals surface area (Å²) in [5.74, 6) is 0.990. The largest absolute Gasteiger partial charge is 0.0885 e. The van der Waals surface area contributed by atoms with E-state index >= 15 is 0 Å². The van der Waals surface area contributed by atoms with E-state index in [1.807, 2.05) is 0 Å². The van der Waals surface area contributed by atoms with E-state index in [0.29, 0.717) is 0 Å². The highest BCUT2D eigenvalue weighted by Gasteiger charge is 2.05. The predicted octanol–water partition coefficient (Wildman–Crippen LogP) is 9.26. The van der Waals surface area contributed by atoms with Gasteiger partial charge in [0, 0.05) is 0 Å². The van der Waals surface area contributed by atoms with Crippen molar-refractivity contribution in [1.29, 1.82) is 0 Å². The summed E-state index contributed by atoms with van der Waals surface area (Å²) >= 11 is 0. The van der Waals surface area contributed by atoms with Crippen LogP contribution in [0.2, 0.25) is 0 Å². The molecule has 0 aliphatic carbocycles. The van der Waals surface area contributed by atoms with Crippen molar-refractivity contribution >= 4 is 0 Å². The zero-order valence-electron chi connectivity index (χ0n) is 17.6. The minimum absolute atomic E-state index is 0.990. The van der Waals surface area contributed by atoms with Gasteiger partial charge in [0.25, 0.3) is 0 Å². The minimum Gasteiger partial charge on any atom is -0.0885 e. The number of allylic oxidation sites excluding steroid dienone is 2. The van der Waals surface area contributed by atoms with Crippen molar-refractivity contribution in [2.24, 2.45) is 5.92 Å². The molecular formula is C25H48. The molecule has 0 aromatic rings. The van der Waals surface area contributed by atoms with Gasteiger partial charge >= 0.3 is 0 Å². The van der Waals surface area contributed by atoms with Crippen molar-refractivity contribution in [3.8, 4) is 0 Å². The molecule has 2 radical (unpaired) electrons. The molecule has 0 nitrogen and oxygen atoms in total. The summed E-state index contributed by atoms with van der Waals surface area (Å²) in [7, 11) is 0. The first-order chi connectivity index (χ1) is 12.3. The lowest BCUT2D eigenvalue weighted by Crippen LogP contribution is -1.99. The lowest BCUT2D eigenvalue weighted by atomic mass is 9.92. The molecular weight excluding hydrogens is 300 g/mol. The van der Waals surface area contributed by atoms with Crippen LogP contribution in [-0.4, -0.2) is 0 Å². The maximum atomic E-state index is 3.91. The third-order valence-corrected chi connectivity index (χ3v) is 5.46. The monoisotopic (exact) mass is 348 g/mol. The second kappa shape index (κ2) is 21.8. The maximum Gasteiger partial charge on any atom is -0.0351 e. The average Bonchev–Trinajstić information content (AvgIpc) is 2.63. The van der Waals surface area contributed by atoms with Crippen LogP contribution in [-0.2, 0) is 0 Å². The summed E-state index contributed by atoms with van der Waals surface area (Å²) in [4.78, 5) is 0. The zero-order valence-corrected chi connectivity index (χ0v) is 17.6. The molecule has 0 aliphatic heterocycles. The number of hydrogen-bond acceptors (Lipinski definition) is 0. The molecule has 0 heterocycles. The third-order valence-electron chi connectivity index (χ3n) is 5.46. The van der Waals surface area contributed by atoms with E-state index in [-0.39, 0.29) is 0 Å². The Morgan fingerprint density at radius 1 is 0.560 bits per heavy atom. The van der Waals surface area contributed by atoms with Crippen molar-refractivity contribution in [2.45, 2.75) is 129 Å². The smallest absolute Gasteiger partial charge is 0.0351 e. The molecule has 1 unspecified atom stereocenters. The second-order valence-electron chi connectivity index (χ2n) is 7.85. The van der Waals surface area contributed by atoms with E-state index < -0.39 is 0 Å². The van der Waals surface area contributed by atoms with Gasteiger partial charge in [-0.25, -0.2) is 0 Å². The van der Waals surface area contributed by atoms with Crippen molar-refractivity contribution in [3.63, 3.8) is 0 Å². The van der Waals surface area contributed by atoms with E-state index in [2.05, 4.69) is 32.9 Å². The molecule has 0 heteroatoms. The van der Waals surface area contributed by atoms with E-state index in [4.69, 9.17) is 0 Å². The van der Waals surface area contributed by atoms with Crippen LogP contribution in [0.4, 0.5) is 0 Å². The molecule has 0 aliphatic rings. The lowest BCUT2D eigenvalue weighted by molar-refractivity contribution is 0.394. The Labute approximate surface area is 161 Å². The van der Waals surface area contributed by atoms with Crippen LogP contribution < -0.4 is 0 Å². The van der Waals surface area contributed by atoms with E-state index in [9.17, 15) is 0 Å². The Kier molecular flexibility index (Phi) is 21.6. The molecule has 0 fully saturated rings. The van der Waals surface area contributed by atoms with Gasteiger partial charge in [0.05, 0.1) is 0 Å². The molecule has 0 aromatic heterocycles.